The van der Waals surface area contributed by atoms with Gasteiger partial charge >= 0.3 is 0 Å². The number of hydrogen-bond donors (Lipinski definition) is 1. The number of nitrogens with two attached hydrogens (primary N) is 1. The van der Waals surface area contributed by atoms with Gasteiger partial charge in [-0.15, -0.1) is 0 Å². The predicted octanol–water partition coefficient (Wildman–Crippen LogP) is 3.18. The van der Waals surface area contributed by atoms with Crippen molar-refractivity contribution < 1.29 is 4.74 Å². The van der Waals surface area contributed by atoms with Crippen LogP contribution in [0.5, 0.6) is 5.75 Å². The van der Waals surface area contributed by atoms with E-state index in [0.29, 0.717) is 0 Å². The zero-order valence-electron chi connectivity index (χ0n) is 12.5. The summed E-state index contributed by atoms with van der Waals surface area (Å²) in [7, 11) is 0. The number of anilines is 1. The second-order valence-electron chi connectivity index (χ2n) is 6.66. The van der Waals surface area contributed by atoms with E-state index in [9.17, 15) is 0 Å². The molecular weight excluding hydrogens is 248 g/mol. The SMILES string of the molecule is CC1CCCC(N)(CN2CCCOc3ccccc32)C1. The third-order valence-corrected chi connectivity index (χ3v) is 4.67. The van der Waals surface area contributed by atoms with Crippen molar-refractivity contribution >= 4 is 5.69 Å². The van der Waals surface area contributed by atoms with Gasteiger partial charge in [-0.3, -0.25) is 0 Å². The molecular formula is C17H26N2O. The van der Waals surface area contributed by atoms with Crippen LogP contribution in [0.1, 0.15) is 39.0 Å². The third kappa shape index (κ3) is 2.93. The Morgan fingerprint density at radius 2 is 2.20 bits per heavy atom. The van der Waals surface area contributed by atoms with E-state index in [2.05, 4.69) is 30.0 Å². The van der Waals surface area contributed by atoms with Gasteiger partial charge in [-0.05, 0) is 37.3 Å². The first-order valence-corrected chi connectivity index (χ1v) is 7.92. The largest absolute Gasteiger partial charge is 0.491 e. The van der Waals surface area contributed by atoms with Crippen LogP contribution in [0.25, 0.3) is 0 Å². The van der Waals surface area contributed by atoms with Crippen molar-refractivity contribution in [3.63, 3.8) is 0 Å². The fourth-order valence-electron chi connectivity index (χ4n) is 3.79. The summed E-state index contributed by atoms with van der Waals surface area (Å²) in [6.45, 7) is 5.14. The summed E-state index contributed by atoms with van der Waals surface area (Å²) in [5, 5.41) is 0. The number of nitrogens with zero attached hydrogens (tertiary/aromatic N) is 1. The highest BCUT2D eigenvalue weighted by Crippen LogP contribution is 2.35. The molecule has 0 radical (unpaired) electrons. The van der Waals surface area contributed by atoms with Crippen LogP contribution in [0.2, 0.25) is 0 Å². The molecule has 0 amide bonds. The van der Waals surface area contributed by atoms with Gasteiger partial charge in [-0.2, -0.15) is 0 Å². The average molecular weight is 274 g/mol. The maximum atomic E-state index is 6.71. The Bertz CT molecular complexity index is 462. The van der Waals surface area contributed by atoms with E-state index in [4.69, 9.17) is 10.5 Å². The molecule has 1 aliphatic carbocycles. The van der Waals surface area contributed by atoms with Crippen molar-refractivity contribution in [2.45, 2.75) is 44.6 Å². The molecule has 0 bridgehead atoms. The Hall–Kier alpha value is -1.22. The fraction of sp³-hybridized carbons (Fsp3) is 0.647. The van der Waals surface area contributed by atoms with E-state index in [1.807, 2.05) is 6.07 Å². The summed E-state index contributed by atoms with van der Waals surface area (Å²) in [5.74, 6) is 1.77. The van der Waals surface area contributed by atoms with E-state index >= 15 is 0 Å². The van der Waals surface area contributed by atoms with E-state index in [1.54, 1.807) is 0 Å². The summed E-state index contributed by atoms with van der Waals surface area (Å²) in [6, 6.07) is 8.37. The summed E-state index contributed by atoms with van der Waals surface area (Å²) in [6.07, 6.45) is 5.96. The standard InChI is InChI=1S/C17H26N2O/c1-14-6-4-9-17(18,12-14)13-19-10-5-11-20-16-8-3-2-7-15(16)19/h2-3,7-8,14H,4-6,9-13,18H2,1H3. The molecule has 3 nitrogen and oxygen atoms in total. The van der Waals surface area contributed by atoms with Crippen LogP contribution in [0.4, 0.5) is 5.69 Å². The minimum atomic E-state index is -0.0326. The highest BCUT2D eigenvalue weighted by Gasteiger charge is 2.33. The minimum absolute atomic E-state index is 0.0326. The molecule has 1 saturated carbocycles. The van der Waals surface area contributed by atoms with E-state index in [-0.39, 0.29) is 5.54 Å². The minimum Gasteiger partial charge on any atom is -0.491 e. The molecule has 3 heteroatoms. The lowest BCUT2D eigenvalue weighted by molar-refractivity contribution is 0.239. The Morgan fingerprint density at radius 1 is 1.35 bits per heavy atom. The summed E-state index contributed by atoms with van der Waals surface area (Å²) in [5.41, 5.74) is 7.89. The lowest BCUT2D eigenvalue weighted by Gasteiger charge is -2.41. The number of para-hydroxylation sites is 2. The van der Waals surface area contributed by atoms with E-state index in [1.165, 1.54) is 18.5 Å². The van der Waals surface area contributed by atoms with Gasteiger partial charge in [-0.25, -0.2) is 0 Å². The molecule has 20 heavy (non-hydrogen) atoms. The second-order valence-corrected chi connectivity index (χ2v) is 6.66. The lowest BCUT2D eigenvalue weighted by atomic mass is 9.76. The molecule has 1 heterocycles. The van der Waals surface area contributed by atoms with Crippen molar-refractivity contribution in [1.29, 1.82) is 0 Å². The predicted molar refractivity (Wildman–Crippen MR) is 83.3 cm³/mol. The molecule has 1 aliphatic heterocycles. The van der Waals surface area contributed by atoms with Gasteiger partial charge in [-0.1, -0.05) is 31.9 Å². The van der Waals surface area contributed by atoms with Crippen LogP contribution in [-0.4, -0.2) is 25.2 Å². The molecule has 2 N–H and O–H groups in total. The highest BCUT2D eigenvalue weighted by molar-refractivity contribution is 5.59. The van der Waals surface area contributed by atoms with E-state index < -0.39 is 0 Å². The fourth-order valence-corrected chi connectivity index (χ4v) is 3.79. The smallest absolute Gasteiger partial charge is 0.142 e. The average Bonchev–Trinajstić information content (AvgIpc) is 2.61. The molecule has 1 aromatic rings. The maximum absolute atomic E-state index is 6.71. The van der Waals surface area contributed by atoms with Gasteiger partial charge in [0.1, 0.15) is 5.75 Å². The summed E-state index contributed by atoms with van der Waals surface area (Å²) in [4.78, 5) is 2.44. The first kappa shape index (κ1) is 13.7. The maximum Gasteiger partial charge on any atom is 0.142 e. The van der Waals surface area contributed by atoms with Crippen LogP contribution in [0.15, 0.2) is 24.3 Å². The second kappa shape index (κ2) is 5.65. The van der Waals surface area contributed by atoms with Crippen LogP contribution in [0, 0.1) is 5.92 Å². The quantitative estimate of drug-likeness (QED) is 0.900. The number of benzene rings is 1. The van der Waals surface area contributed by atoms with Crippen molar-refractivity contribution in [1.82, 2.24) is 0 Å². The van der Waals surface area contributed by atoms with Crippen molar-refractivity contribution in [3.8, 4) is 5.75 Å². The van der Waals surface area contributed by atoms with Crippen LogP contribution >= 0.6 is 0 Å². The number of rotatable bonds is 2. The molecule has 2 aliphatic rings. The third-order valence-electron chi connectivity index (χ3n) is 4.67. The van der Waals surface area contributed by atoms with Gasteiger partial charge in [0.2, 0.25) is 0 Å². The molecule has 0 spiro atoms. The molecule has 0 saturated heterocycles. The van der Waals surface area contributed by atoms with Gasteiger partial charge in [0.25, 0.3) is 0 Å². The summed E-state index contributed by atoms with van der Waals surface area (Å²) < 4.78 is 5.84. The normalized spacial score (nSPS) is 30.3. The Balaban J connectivity index is 1.79. The first-order valence-electron chi connectivity index (χ1n) is 7.92. The van der Waals surface area contributed by atoms with Gasteiger partial charge in [0.05, 0.1) is 12.3 Å². The zero-order chi connectivity index (χ0) is 14.0. The van der Waals surface area contributed by atoms with Crippen molar-refractivity contribution in [2.75, 3.05) is 24.6 Å². The Kier molecular flexibility index (Phi) is 3.88. The van der Waals surface area contributed by atoms with Gasteiger partial charge < -0.3 is 15.4 Å². The number of hydrogen-bond acceptors (Lipinski definition) is 3. The number of ether oxygens (including phenoxy) is 1. The number of fused-ring (bicyclic) bond motifs is 1. The topological polar surface area (TPSA) is 38.5 Å². The van der Waals surface area contributed by atoms with E-state index in [0.717, 1.165) is 50.6 Å². The molecule has 3 rings (SSSR count). The summed E-state index contributed by atoms with van der Waals surface area (Å²) >= 11 is 0. The highest BCUT2D eigenvalue weighted by atomic mass is 16.5. The van der Waals surface area contributed by atoms with Gasteiger partial charge in [0, 0.05) is 18.6 Å². The zero-order valence-corrected chi connectivity index (χ0v) is 12.5. The van der Waals surface area contributed by atoms with Crippen molar-refractivity contribution in [2.24, 2.45) is 11.7 Å². The molecule has 110 valence electrons. The molecule has 1 fully saturated rings. The Labute approximate surface area is 122 Å². The first-order chi connectivity index (χ1) is 9.66. The molecule has 2 atom stereocenters. The Morgan fingerprint density at radius 3 is 3.05 bits per heavy atom. The van der Waals surface area contributed by atoms with Crippen LogP contribution in [-0.2, 0) is 0 Å². The molecule has 0 aromatic heterocycles. The molecule has 1 aromatic carbocycles. The van der Waals surface area contributed by atoms with Gasteiger partial charge in [0.15, 0.2) is 0 Å². The monoisotopic (exact) mass is 274 g/mol. The van der Waals surface area contributed by atoms with Crippen molar-refractivity contribution in [3.05, 3.63) is 24.3 Å². The molecule has 2 unspecified atom stereocenters. The lowest BCUT2D eigenvalue weighted by Crippen LogP contribution is -2.53. The van der Waals surface area contributed by atoms with Crippen LogP contribution in [0.3, 0.4) is 0 Å². The van der Waals surface area contributed by atoms with Crippen LogP contribution < -0.4 is 15.4 Å².